The van der Waals surface area contributed by atoms with Crippen molar-refractivity contribution in [3.05, 3.63) is 76.6 Å². The fourth-order valence-corrected chi connectivity index (χ4v) is 6.93. The lowest BCUT2D eigenvalue weighted by Crippen LogP contribution is -2.51. The molecule has 2 heterocycles. The van der Waals surface area contributed by atoms with Crippen LogP contribution in [0.4, 0.5) is 8.78 Å². The molecule has 1 aliphatic heterocycles. The first-order valence-electron chi connectivity index (χ1n) is 16.4. The van der Waals surface area contributed by atoms with E-state index >= 15 is 0 Å². The number of unbranched alkanes of at least 4 members (excludes halogenated alkanes) is 1. The van der Waals surface area contributed by atoms with Crippen LogP contribution in [0.2, 0.25) is 0 Å². The molecule has 0 unspecified atom stereocenters. The zero-order chi connectivity index (χ0) is 33.1. The quantitative estimate of drug-likeness (QED) is 0.222. The molecule has 9 nitrogen and oxygen atoms in total. The molecule has 1 spiro atoms. The van der Waals surface area contributed by atoms with Crippen molar-refractivity contribution in [2.45, 2.75) is 104 Å². The molecule has 0 bridgehead atoms. The summed E-state index contributed by atoms with van der Waals surface area (Å²) >= 11 is 0. The molecule has 46 heavy (non-hydrogen) atoms. The van der Waals surface area contributed by atoms with E-state index in [-0.39, 0.29) is 41.1 Å². The Morgan fingerprint density at radius 2 is 1.70 bits per heavy atom. The molecule has 2 N–H and O–H groups in total. The van der Waals surface area contributed by atoms with Crippen LogP contribution in [0.15, 0.2) is 47.5 Å². The van der Waals surface area contributed by atoms with Crippen LogP contribution >= 0.6 is 0 Å². The second-order valence-electron chi connectivity index (χ2n) is 14.2. The fourth-order valence-electron chi connectivity index (χ4n) is 6.93. The summed E-state index contributed by atoms with van der Waals surface area (Å²) in [4.78, 5) is 34.3. The summed E-state index contributed by atoms with van der Waals surface area (Å²) in [5.41, 5.74) is 0.925. The van der Waals surface area contributed by atoms with E-state index < -0.39 is 17.3 Å². The maximum Gasteiger partial charge on any atom is 0.275 e. The molecule has 11 heteroatoms. The number of H-pyrrole nitrogens is 1. The molecule has 0 saturated heterocycles. The van der Waals surface area contributed by atoms with E-state index in [1.165, 1.54) is 12.1 Å². The maximum absolute atomic E-state index is 14.5. The van der Waals surface area contributed by atoms with E-state index in [1.54, 1.807) is 12.1 Å². The number of nitrogens with zero attached hydrogens (tertiary/aromatic N) is 5. The van der Waals surface area contributed by atoms with Crippen LogP contribution in [0.5, 0.6) is 0 Å². The van der Waals surface area contributed by atoms with Gasteiger partial charge < -0.3 is 10.2 Å². The average molecular weight is 634 g/mol. The molecule has 2 aromatic carbocycles. The molecular formula is C35H45F2N7O2. The highest BCUT2D eigenvalue weighted by Gasteiger charge is 2.52. The number of rotatable bonds is 11. The lowest BCUT2D eigenvalue weighted by molar-refractivity contribution is -0.133. The SMILES string of the molecule is CC(C)CCCC[C@H](c1ccc(C(=O)NCc2nn[nH]n2)cc1)N1C(=O)C(c2cc(F)cc(F)c2)=NC12CCC(C(C)(C)C)CC2. The monoisotopic (exact) mass is 633 g/mol. The van der Waals surface area contributed by atoms with Crippen LogP contribution in [-0.2, 0) is 11.3 Å². The Labute approximate surface area is 269 Å². The number of carbonyl (C=O) groups is 2. The first-order valence-corrected chi connectivity index (χ1v) is 16.4. The first kappa shape index (κ1) is 33.3. The number of amides is 2. The molecule has 2 aliphatic rings. The Morgan fingerprint density at radius 1 is 1.04 bits per heavy atom. The van der Waals surface area contributed by atoms with Gasteiger partial charge in [-0.2, -0.15) is 5.21 Å². The maximum atomic E-state index is 14.5. The van der Waals surface area contributed by atoms with Crippen molar-refractivity contribution in [1.82, 2.24) is 30.8 Å². The molecule has 246 valence electrons. The second kappa shape index (κ2) is 13.8. The number of hydrogen-bond acceptors (Lipinski definition) is 6. The number of hydrogen-bond donors (Lipinski definition) is 2. The minimum absolute atomic E-state index is 0.109. The van der Waals surface area contributed by atoms with Crippen molar-refractivity contribution < 1.29 is 18.4 Å². The summed E-state index contributed by atoms with van der Waals surface area (Å²) in [7, 11) is 0. The largest absolute Gasteiger partial charge is 0.345 e. The van der Waals surface area contributed by atoms with Gasteiger partial charge in [-0.1, -0.05) is 71.2 Å². The summed E-state index contributed by atoms with van der Waals surface area (Å²) in [6.07, 6.45) is 6.79. The van der Waals surface area contributed by atoms with Crippen molar-refractivity contribution in [2.75, 3.05) is 0 Å². The zero-order valence-electron chi connectivity index (χ0n) is 27.4. The molecule has 1 aromatic heterocycles. The normalized spacial score (nSPS) is 20.8. The minimum Gasteiger partial charge on any atom is -0.345 e. The Bertz CT molecular complexity index is 1520. The van der Waals surface area contributed by atoms with E-state index in [2.05, 4.69) is 60.6 Å². The number of aromatic nitrogens is 4. The lowest BCUT2D eigenvalue weighted by Gasteiger charge is -2.47. The molecule has 5 rings (SSSR count). The summed E-state index contributed by atoms with van der Waals surface area (Å²) in [6.45, 7) is 11.3. The summed E-state index contributed by atoms with van der Waals surface area (Å²) in [5, 5.41) is 16.4. The molecule has 1 aliphatic carbocycles. The van der Waals surface area contributed by atoms with Crippen molar-refractivity contribution in [3.63, 3.8) is 0 Å². The van der Waals surface area contributed by atoms with Crippen molar-refractivity contribution in [3.8, 4) is 0 Å². The van der Waals surface area contributed by atoms with E-state index in [0.29, 0.717) is 42.5 Å². The third kappa shape index (κ3) is 7.50. The third-order valence-corrected chi connectivity index (χ3v) is 9.51. The number of carbonyl (C=O) groups excluding carboxylic acids is 2. The van der Waals surface area contributed by atoms with Gasteiger partial charge in [0, 0.05) is 17.2 Å². The summed E-state index contributed by atoms with van der Waals surface area (Å²) in [6, 6.07) is 10.2. The summed E-state index contributed by atoms with van der Waals surface area (Å²) < 4.78 is 28.8. The van der Waals surface area contributed by atoms with Crippen LogP contribution in [0.1, 0.15) is 119 Å². The fraction of sp³-hybridized carbons (Fsp3) is 0.543. The smallest absolute Gasteiger partial charge is 0.275 e. The zero-order valence-corrected chi connectivity index (χ0v) is 27.4. The number of aromatic amines is 1. The van der Waals surface area contributed by atoms with Crippen LogP contribution in [0.25, 0.3) is 0 Å². The second-order valence-corrected chi connectivity index (χ2v) is 14.2. The first-order chi connectivity index (χ1) is 21.9. The number of benzene rings is 2. The van der Waals surface area contributed by atoms with Crippen LogP contribution in [0, 0.1) is 28.9 Å². The van der Waals surface area contributed by atoms with Gasteiger partial charge in [0.15, 0.2) is 5.82 Å². The Morgan fingerprint density at radius 3 is 2.28 bits per heavy atom. The Kier molecular flexibility index (Phi) is 9.98. The highest BCUT2D eigenvalue weighted by Crippen LogP contribution is 2.50. The topological polar surface area (TPSA) is 116 Å². The van der Waals surface area contributed by atoms with Crippen molar-refractivity contribution in [2.24, 2.45) is 22.2 Å². The third-order valence-electron chi connectivity index (χ3n) is 9.51. The molecular weight excluding hydrogens is 588 g/mol. The highest BCUT2D eigenvalue weighted by atomic mass is 19.1. The van der Waals surface area contributed by atoms with Gasteiger partial charge in [-0.3, -0.25) is 14.6 Å². The van der Waals surface area contributed by atoms with Gasteiger partial charge >= 0.3 is 0 Å². The number of aliphatic imine (C=N–C) groups is 1. The Hall–Kier alpha value is -4.02. The molecule has 3 aromatic rings. The molecule has 1 atom stereocenters. The molecule has 0 radical (unpaired) electrons. The van der Waals surface area contributed by atoms with Gasteiger partial charge in [-0.15, -0.1) is 10.2 Å². The van der Waals surface area contributed by atoms with Gasteiger partial charge in [0.2, 0.25) is 0 Å². The average Bonchev–Trinajstić information content (AvgIpc) is 3.62. The molecule has 1 saturated carbocycles. The van der Waals surface area contributed by atoms with Crippen molar-refractivity contribution >= 4 is 17.5 Å². The highest BCUT2D eigenvalue weighted by molar-refractivity contribution is 6.46. The van der Waals surface area contributed by atoms with E-state index in [0.717, 1.165) is 43.7 Å². The lowest BCUT2D eigenvalue weighted by atomic mass is 9.69. The van der Waals surface area contributed by atoms with Crippen LogP contribution < -0.4 is 5.32 Å². The van der Waals surface area contributed by atoms with Gasteiger partial charge in [0.25, 0.3) is 11.8 Å². The minimum atomic E-state index is -0.819. The van der Waals surface area contributed by atoms with Crippen LogP contribution in [-0.4, -0.2) is 48.7 Å². The van der Waals surface area contributed by atoms with E-state index in [4.69, 9.17) is 4.99 Å². The number of nitrogens with one attached hydrogen (secondary N) is 2. The van der Waals surface area contributed by atoms with Gasteiger partial charge in [-0.25, -0.2) is 8.78 Å². The van der Waals surface area contributed by atoms with Crippen LogP contribution in [0.3, 0.4) is 0 Å². The van der Waals surface area contributed by atoms with Gasteiger partial charge in [0.1, 0.15) is 23.0 Å². The molecule has 2 amide bonds. The van der Waals surface area contributed by atoms with E-state index in [9.17, 15) is 18.4 Å². The predicted molar refractivity (Wildman–Crippen MR) is 172 cm³/mol. The molecule has 1 fully saturated rings. The number of tetrazole rings is 1. The standard InChI is InChI=1S/C35H45F2N7O2/c1-22(2)8-6-7-9-29(23-10-12-24(13-11-23)32(45)38-21-30-40-42-43-41-30)44-33(46)31(25-18-27(36)20-28(37)19-25)39-35(44)16-14-26(15-17-35)34(3,4)5/h10-13,18-20,22,26,29H,6-9,14-17,21H2,1-5H3,(H,38,45)(H,40,41,42,43)/t26?,29-,35?/m1/s1. The number of halogens is 2. The predicted octanol–water partition coefficient (Wildman–Crippen LogP) is 6.93. The van der Waals surface area contributed by atoms with Gasteiger partial charge in [0.05, 0.1) is 12.6 Å². The van der Waals surface area contributed by atoms with E-state index in [1.807, 2.05) is 17.0 Å². The van der Waals surface area contributed by atoms with Gasteiger partial charge in [-0.05, 0) is 79.2 Å². The van der Waals surface area contributed by atoms with Crippen molar-refractivity contribution in [1.29, 1.82) is 0 Å². The Balaban J connectivity index is 1.48. The summed E-state index contributed by atoms with van der Waals surface area (Å²) in [5.74, 6) is -0.669.